The topological polar surface area (TPSA) is 60.3 Å². The average molecular weight is 272 g/mol. The smallest absolute Gasteiger partial charge is 0.355 e. The first-order valence-corrected chi connectivity index (χ1v) is 6.21. The number of amides is 1. The van der Waals surface area contributed by atoms with Crippen molar-refractivity contribution in [3.63, 3.8) is 0 Å². The zero-order valence-corrected chi connectivity index (χ0v) is 11.4. The molecular formula is C15H16N2O3. The number of hydrogen-bond donors (Lipinski definition) is 1. The fourth-order valence-electron chi connectivity index (χ4n) is 1.71. The summed E-state index contributed by atoms with van der Waals surface area (Å²) < 4.78 is 6.59. The summed E-state index contributed by atoms with van der Waals surface area (Å²) in [6.07, 6.45) is 1.74. The number of aryl methyl sites for hydroxylation is 2. The fraction of sp³-hybridized carbons (Fsp3) is 0.200. The van der Waals surface area contributed by atoms with Crippen LogP contribution in [0.3, 0.4) is 0 Å². The number of aromatic nitrogens is 1. The van der Waals surface area contributed by atoms with E-state index in [1.54, 1.807) is 42.1 Å². The minimum atomic E-state index is -0.517. The highest BCUT2D eigenvalue weighted by Gasteiger charge is 2.12. The molecule has 0 aliphatic heterocycles. The van der Waals surface area contributed by atoms with Crippen molar-refractivity contribution in [1.82, 2.24) is 4.57 Å². The first-order chi connectivity index (χ1) is 9.56. The van der Waals surface area contributed by atoms with Gasteiger partial charge in [-0.05, 0) is 31.2 Å². The third-order valence-electron chi connectivity index (χ3n) is 2.82. The fourth-order valence-corrected chi connectivity index (χ4v) is 1.71. The first-order valence-electron chi connectivity index (χ1n) is 6.21. The summed E-state index contributed by atoms with van der Waals surface area (Å²) in [6, 6.07) is 10.8. The molecule has 0 bridgehead atoms. The van der Waals surface area contributed by atoms with Gasteiger partial charge in [0.05, 0.1) is 0 Å². The zero-order chi connectivity index (χ0) is 14.5. The van der Waals surface area contributed by atoms with Gasteiger partial charge in [0, 0.05) is 18.9 Å². The molecular weight excluding hydrogens is 256 g/mol. The third kappa shape index (κ3) is 3.47. The van der Waals surface area contributed by atoms with E-state index in [0.717, 1.165) is 5.56 Å². The Kier molecular flexibility index (Phi) is 4.20. The molecule has 2 aromatic rings. The van der Waals surface area contributed by atoms with E-state index in [0.29, 0.717) is 11.4 Å². The van der Waals surface area contributed by atoms with Crippen molar-refractivity contribution in [2.24, 2.45) is 7.05 Å². The largest absolute Gasteiger partial charge is 0.451 e. The monoisotopic (exact) mass is 272 g/mol. The van der Waals surface area contributed by atoms with Crippen LogP contribution in [0.2, 0.25) is 0 Å². The molecule has 104 valence electrons. The molecule has 1 amide bonds. The number of nitrogens with one attached hydrogen (secondary N) is 1. The van der Waals surface area contributed by atoms with Crippen molar-refractivity contribution in [3.05, 3.63) is 53.9 Å². The lowest BCUT2D eigenvalue weighted by molar-refractivity contribution is -0.119. The van der Waals surface area contributed by atoms with Crippen molar-refractivity contribution < 1.29 is 14.3 Å². The van der Waals surface area contributed by atoms with Gasteiger partial charge >= 0.3 is 5.97 Å². The van der Waals surface area contributed by atoms with Gasteiger partial charge in [-0.2, -0.15) is 0 Å². The van der Waals surface area contributed by atoms with Crippen molar-refractivity contribution in [2.75, 3.05) is 11.9 Å². The van der Waals surface area contributed by atoms with Gasteiger partial charge in [0.1, 0.15) is 5.69 Å². The molecule has 0 atom stereocenters. The lowest BCUT2D eigenvalue weighted by Crippen LogP contribution is -2.21. The van der Waals surface area contributed by atoms with Gasteiger partial charge in [-0.1, -0.05) is 17.7 Å². The molecule has 1 heterocycles. The van der Waals surface area contributed by atoms with Crippen LogP contribution in [-0.4, -0.2) is 23.1 Å². The van der Waals surface area contributed by atoms with Crippen LogP contribution in [0.4, 0.5) is 5.69 Å². The summed E-state index contributed by atoms with van der Waals surface area (Å²) >= 11 is 0. The zero-order valence-electron chi connectivity index (χ0n) is 11.4. The molecule has 0 fully saturated rings. The number of carbonyl (C=O) groups excluding carboxylic acids is 2. The SMILES string of the molecule is Cc1ccc(NC(=O)COC(=O)c2cccn2C)cc1. The molecule has 1 N–H and O–H groups in total. The summed E-state index contributed by atoms with van der Waals surface area (Å²) in [5.41, 5.74) is 2.20. The van der Waals surface area contributed by atoms with E-state index in [1.165, 1.54) is 0 Å². The van der Waals surface area contributed by atoms with Crippen LogP contribution in [0.25, 0.3) is 0 Å². The standard InChI is InChI=1S/C15H16N2O3/c1-11-5-7-12(8-6-11)16-14(18)10-20-15(19)13-4-3-9-17(13)2/h3-9H,10H2,1-2H3,(H,16,18). The molecule has 2 rings (SSSR count). The van der Waals surface area contributed by atoms with E-state index in [9.17, 15) is 9.59 Å². The van der Waals surface area contributed by atoms with Crippen LogP contribution in [-0.2, 0) is 16.6 Å². The second-order valence-electron chi connectivity index (χ2n) is 4.49. The van der Waals surface area contributed by atoms with Crippen LogP contribution in [0.15, 0.2) is 42.6 Å². The van der Waals surface area contributed by atoms with Gasteiger partial charge in [0.25, 0.3) is 5.91 Å². The molecule has 0 aliphatic carbocycles. The van der Waals surface area contributed by atoms with Gasteiger partial charge in [-0.25, -0.2) is 4.79 Å². The van der Waals surface area contributed by atoms with Crippen molar-refractivity contribution in [3.8, 4) is 0 Å². The minimum Gasteiger partial charge on any atom is -0.451 e. The number of carbonyl (C=O) groups is 2. The summed E-state index contributed by atoms with van der Waals surface area (Å²) in [4.78, 5) is 23.4. The van der Waals surface area contributed by atoms with E-state index in [1.807, 2.05) is 19.1 Å². The molecule has 0 saturated carbocycles. The number of anilines is 1. The lowest BCUT2D eigenvalue weighted by atomic mass is 10.2. The van der Waals surface area contributed by atoms with Gasteiger partial charge in [0.15, 0.2) is 6.61 Å². The highest BCUT2D eigenvalue weighted by atomic mass is 16.5. The van der Waals surface area contributed by atoms with Crippen LogP contribution in [0.1, 0.15) is 16.1 Å². The van der Waals surface area contributed by atoms with Crippen LogP contribution < -0.4 is 5.32 Å². The second kappa shape index (κ2) is 6.06. The normalized spacial score (nSPS) is 10.1. The van der Waals surface area contributed by atoms with E-state index in [4.69, 9.17) is 4.74 Å². The molecule has 0 spiro atoms. The van der Waals surface area contributed by atoms with Gasteiger partial charge < -0.3 is 14.6 Å². The van der Waals surface area contributed by atoms with E-state index in [-0.39, 0.29) is 12.5 Å². The number of esters is 1. The molecule has 0 unspecified atom stereocenters. The Morgan fingerprint density at radius 1 is 1.20 bits per heavy atom. The van der Waals surface area contributed by atoms with Crippen LogP contribution in [0.5, 0.6) is 0 Å². The molecule has 1 aromatic heterocycles. The Labute approximate surface area is 117 Å². The quantitative estimate of drug-likeness (QED) is 0.867. The van der Waals surface area contributed by atoms with E-state index >= 15 is 0 Å². The Morgan fingerprint density at radius 3 is 2.50 bits per heavy atom. The van der Waals surface area contributed by atoms with E-state index in [2.05, 4.69) is 5.32 Å². The van der Waals surface area contributed by atoms with Crippen molar-refractivity contribution in [1.29, 1.82) is 0 Å². The lowest BCUT2D eigenvalue weighted by Gasteiger charge is -2.07. The molecule has 0 radical (unpaired) electrons. The highest BCUT2D eigenvalue weighted by molar-refractivity contribution is 5.94. The summed E-state index contributed by atoms with van der Waals surface area (Å²) in [5, 5.41) is 2.66. The molecule has 5 nitrogen and oxygen atoms in total. The van der Waals surface area contributed by atoms with Crippen LogP contribution >= 0.6 is 0 Å². The number of rotatable bonds is 4. The summed E-state index contributed by atoms with van der Waals surface area (Å²) in [7, 11) is 1.74. The maximum absolute atomic E-state index is 11.7. The third-order valence-corrected chi connectivity index (χ3v) is 2.82. The summed E-state index contributed by atoms with van der Waals surface area (Å²) in [6.45, 7) is 1.66. The van der Waals surface area contributed by atoms with Gasteiger partial charge in [0.2, 0.25) is 0 Å². The average Bonchev–Trinajstić information content (AvgIpc) is 2.85. The van der Waals surface area contributed by atoms with Crippen LogP contribution in [0, 0.1) is 6.92 Å². The maximum atomic E-state index is 11.7. The Balaban J connectivity index is 1.85. The molecule has 1 aromatic carbocycles. The number of nitrogens with zero attached hydrogens (tertiary/aromatic N) is 1. The molecule has 5 heteroatoms. The highest BCUT2D eigenvalue weighted by Crippen LogP contribution is 2.08. The molecule has 20 heavy (non-hydrogen) atoms. The number of hydrogen-bond acceptors (Lipinski definition) is 3. The maximum Gasteiger partial charge on any atom is 0.355 e. The van der Waals surface area contributed by atoms with Crippen molar-refractivity contribution >= 4 is 17.6 Å². The predicted octanol–water partition coefficient (Wildman–Crippen LogP) is 2.13. The van der Waals surface area contributed by atoms with E-state index < -0.39 is 5.97 Å². The summed E-state index contributed by atoms with van der Waals surface area (Å²) in [5.74, 6) is -0.882. The second-order valence-corrected chi connectivity index (χ2v) is 4.49. The molecule has 0 aliphatic rings. The first kappa shape index (κ1) is 13.9. The Hall–Kier alpha value is -2.56. The van der Waals surface area contributed by atoms with Crippen molar-refractivity contribution in [2.45, 2.75) is 6.92 Å². The minimum absolute atomic E-state index is 0.308. The van der Waals surface area contributed by atoms with Gasteiger partial charge in [-0.3, -0.25) is 4.79 Å². The Bertz CT molecular complexity index is 614. The Morgan fingerprint density at radius 2 is 1.90 bits per heavy atom. The number of benzene rings is 1. The predicted molar refractivity (Wildman–Crippen MR) is 75.5 cm³/mol. The number of ether oxygens (including phenoxy) is 1. The van der Waals surface area contributed by atoms with Gasteiger partial charge in [-0.15, -0.1) is 0 Å². The molecule has 0 saturated heterocycles.